The molecule has 0 saturated heterocycles. The number of carbonyl (C=O) groups is 1. The molecule has 1 atom stereocenters. The molecule has 0 fully saturated rings. The number of carbonyl (C=O) groups excluding carboxylic acids is 1. The summed E-state index contributed by atoms with van der Waals surface area (Å²) >= 11 is 0. The average molecular weight is 248 g/mol. The molecule has 0 saturated carbocycles. The highest BCUT2D eigenvalue weighted by Crippen LogP contribution is 2.22. The van der Waals surface area contributed by atoms with Crippen LogP contribution in [0.25, 0.3) is 0 Å². The monoisotopic (exact) mass is 248 g/mol. The van der Waals surface area contributed by atoms with Crippen molar-refractivity contribution in [3.8, 4) is 6.07 Å². The minimum Gasteiger partial charge on any atom is -0.351 e. The third-order valence-corrected chi connectivity index (χ3v) is 2.34. The van der Waals surface area contributed by atoms with Crippen LogP contribution in [0, 0.1) is 17.1 Å². The lowest BCUT2D eigenvalue weighted by Gasteiger charge is -2.21. The lowest BCUT2D eigenvalue weighted by atomic mass is 9.95. The van der Waals surface area contributed by atoms with Crippen LogP contribution in [0.2, 0.25) is 0 Å². The van der Waals surface area contributed by atoms with Gasteiger partial charge in [-0.3, -0.25) is 4.79 Å². The summed E-state index contributed by atoms with van der Waals surface area (Å²) in [5.74, 6) is -1.46. The molecule has 1 unspecified atom stereocenters. The first-order chi connectivity index (χ1) is 8.33. The Labute approximate surface area is 107 Å². The van der Waals surface area contributed by atoms with E-state index in [0.717, 1.165) is 0 Å². The molecule has 0 aromatic heterocycles. The van der Waals surface area contributed by atoms with E-state index in [9.17, 15) is 9.18 Å². The summed E-state index contributed by atoms with van der Waals surface area (Å²) < 4.78 is 13.5. The second-order valence-electron chi connectivity index (χ2n) is 5.21. The molecular formula is C14H17FN2O. The molecule has 3 nitrogen and oxygen atoms in total. The van der Waals surface area contributed by atoms with E-state index in [1.165, 1.54) is 12.1 Å². The van der Waals surface area contributed by atoms with Gasteiger partial charge in [-0.05, 0) is 26.8 Å². The molecule has 0 spiro atoms. The number of hydrogen-bond donors (Lipinski definition) is 1. The van der Waals surface area contributed by atoms with Gasteiger partial charge in [-0.1, -0.05) is 18.2 Å². The summed E-state index contributed by atoms with van der Waals surface area (Å²) in [7, 11) is 0. The van der Waals surface area contributed by atoms with Crippen LogP contribution in [0.1, 0.15) is 38.7 Å². The standard InChI is InChI=1S/C14H17FN2O/c1-14(2,3)17-13(18)8-10(9-16)11-6-4-5-7-12(11)15/h4-7,10H,8H2,1-3H3,(H,17,18). The summed E-state index contributed by atoms with van der Waals surface area (Å²) in [6.45, 7) is 5.57. The minimum absolute atomic E-state index is 0.0330. The number of hydrogen-bond acceptors (Lipinski definition) is 2. The van der Waals surface area contributed by atoms with Crippen molar-refractivity contribution < 1.29 is 9.18 Å². The molecule has 0 heterocycles. The van der Waals surface area contributed by atoms with Gasteiger partial charge in [-0.2, -0.15) is 5.26 Å². The van der Waals surface area contributed by atoms with Crippen LogP contribution < -0.4 is 5.32 Å². The highest BCUT2D eigenvalue weighted by Gasteiger charge is 2.21. The predicted molar refractivity (Wildman–Crippen MR) is 67.3 cm³/mol. The van der Waals surface area contributed by atoms with Crippen LogP contribution in [0.4, 0.5) is 4.39 Å². The Morgan fingerprint density at radius 2 is 2.06 bits per heavy atom. The van der Waals surface area contributed by atoms with Crippen LogP contribution in [-0.4, -0.2) is 11.4 Å². The molecule has 1 amide bonds. The predicted octanol–water partition coefficient (Wildman–Crippen LogP) is 2.74. The quantitative estimate of drug-likeness (QED) is 0.894. The van der Waals surface area contributed by atoms with Crippen molar-refractivity contribution in [2.45, 2.75) is 38.6 Å². The van der Waals surface area contributed by atoms with E-state index >= 15 is 0 Å². The van der Waals surface area contributed by atoms with E-state index in [1.54, 1.807) is 12.1 Å². The van der Waals surface area contributed by atoms with Crippen LogP contribution in [0.3, 0.4) is 0 Å². The Morgan fingerprint density at radius 1 is 1.44 bits per heavy atom. The SMILES string of the molecule is CC(C)(C)NC(=O)CC(C#N)c1ccccc1F. The number of nitrogens with one attached hydrogen (secondary N) is 1. The van der Waals surface area contributed by atoms with E-state index in [2.05, 4.69) is 5.32 Å². The maximum atomic E-state index is 13.5. The van der Waals surface area contributed by atoms with Gasteiger partial charge in [0.05, 0.1) is 12.0 Å². The summed E-state index contributed by atoms with van der Waals surface area (Å²) in [5.41, 5.74) is -0.0872. The van der Waals surface area contributed by atoms with Crippen molar-refractivity contribution in [2.75, 3.05) is 0 Å². The number of amides is 1. The highest BCUT2D eigenvalue weighted by molar-refractivity contribution is 5.78. The van der Waals surface area contributed by atoms with E-state index in [-0.39, 0.29) is 23.4 Å². The fourth-order valence-electron chi connectivity index (χ4n) is 1.64. The second kappa shape index (κ2) is 5.63. The maximum Gasteiger partial charge on any atom is 0.222 e. The third-order valence-electron chi connectivity index (χ3n) is 2.34. The molecule has 1 aromatic rings. The smallest absolute Gasteiger partial charge is 0.222 e. The van der Waals surface area contributed by atoms with Gasteiger partial charge in [0, 0.05) is 17.5 Å². The van der Waals surface area contributed by atoms with Crippen molar-refractivity contribution in [1.29, 1.82) is 5.26 Å². The first-order valence-electron chi connectivity index (χ1n) is 5.78. The molecule has 4 heteroatoms. The molecular weight excluding hydrogens is 231 g/mol. The van der Waals surface area contributed by atoms with Crippen molar-refractivity contribution in [3.63, 3.8) is 0 Å². The van der Waals surface area contributed by atoms with E-state index in [4.69, 9.17) is 5.26 Å². The highest BCUT2D eigenvalue weighted by atomic mass is 19.1. The first kappa shape index (κ1) is 14.2. The zero-order valence-electron chi connectivity index (χ0n) is 10.8. The summed E-state index contributed by atoms with van der Waals surface area (Å²) in [4.78, 5) is 11.7. The van der Waals surface area contributed by atoms with Crippen LogP contribution in [0.15, 0.2) is 24.3 Å². The van der Waals surface area contributed by atoms with Gasteiger partial charge >= 0.3 is 0 Å². The van der Waals surface area contributed by atoms with Gasteiger partial charge in [0.1, 0.15) is 5.82 Å². The van der Waals surface area contributed by atoms with E-state index < -0.39 is 11.7 Å². The molecule has 1 aromatic carbocycles. The van der Waals surface area contributed by atoms with Gasteiger partial charge in [-0.15, -0.1) is 0 Å². The summed E-state index contributed by atoms with van der Waals surface area (Å²) in [6, 6.07) is 8.02. The zero-order valence-corrected chi connectivity index (χ0v) is 10.8. The van der Waals surface area contributed by atoms with Crippen LogP contribution in [0.5, 0.6) is 0 Å². The fourth-order valence-corrected chi connectivity index (χ4v) is 1.64. The van der Waals surface area contributed by atoms with Crippen molar-refractivity contribution in [2.24, 2.45) is 0 Å². The molecule has 0 aliphatic heterocycles. The average Bonchev–Trinajstić information content (AvgIpc) is 2.24. The fraction of sp³-hybridized carbons (Fsp3) is 0.429. The molecule has 0 aliphatic rings. The Balaban J connectivity index is 2.79. The van der Waals surface area contributed by atoms with Gasteiger partial charge in [0.15, 0.2) is 0 Å². The first-order valence-corrected chi connectivity index (χ1v) is 5.78. The molecule has 1 N–H and O–H groups in total. The van der Waals surface area contributed by atoms with Crippen molar-refractivity contribution >= 4 is 5.91 Å². The Bertz CT molecular complexity index is 471. The Morgan fingerprint density at radius 3 is 2.56 bits per heavy atom. The third kappa shape index (κ3) is 4.17. The minimum atomic E-state index is -0.756. The normalized spacial score (nSPS) is 12.6. The number of halogens is 1. The molecule has 0 radical (unpaired) electrons. The molecule has 0 bridgehead atoms. The van der Waals surface area contributed by atoms with Crippen LogP contribution >= 0.6 is 0 Å². The number of nitrogens with zero attached hydrogens (tertiary/aromatic N) is 1. The maximum absolute atomic E-state index is 13.5. The number of benzene rings is 1. The Hall–Kier alpha value is -1.89. The van der Waals surface area contributed by atoms with Gasteiger partial charge in [-0.25, -0.2) is 4.39 Å². The summed E-state index contributed by atoms with van der Waals surface area (Å²) in [5, 5.41) is 11.8. The number of rotatable bonds is 3. The molecule has 1 rings (SSSR count). The van der Waals surface area contributed by atoms with E-state index in [0.29, 0.717) is 0 Å². The molecule has 0 aliphatic carbocycles. The van der Waals surface area contributed by atoms with Gasteiger partial charge in [0.25, 0.3) is 0 Å². The Kier molecular flexibility index (Phi) is 4.43. The summed E-state index contributed by atoms with van der Waals surface area (Å²) in [6.07, 6.45) is -0.0330. The number of nitriles is 1. The van der Waals surface area contributed by atoms with E-state index in [1.807, 2.05) is 26.8 Å². The zero-order chi connectivity index (χ0) is 13.8. The van der Waals surface area contributed by atoms with Crippen LogP contribution in [-0.2, 0) is 4.79 Å². The van der Waals surface area contributed by atoms with Gasteiger partial charge < -0.3 is 5.32 Å². The van der Waals surface area contributed by atoms with Crippen molar-refractivity contribution in [3.05, 3.63) is 35.6 Å². The molecule has 18 heavy (non-hydrogen) atoms. The van der Waals surface area contributed by atoms with Gasteiger partial charge in [0.2, 0.25) is 5.91 Å². The largest absolute Gasteiger partial charge is 0.351 e. The topological polar surface area (TPSA) is 52.9 Å². The lowest BCUT2D eigenvalue weighted by molar-refractivity contribution is -0.122. The lowest BCUT2D eigenvalue weighted by Crippen LogP contribution is -2.41. The second-order valence-corrected chi connectivity index (χ2v) is 5.21. The van der Waals surface area contributed by atoms with Crippen molar-refractivity contribution in [1.82, 2.24) is 5.32 Å². The molecule has 96 valence electrons.